The van der Waals surface area contributed by atoms with Crippen LogP contribution in [0.3, 0.4) is 0 Å². The van der Waals surface area contributed by atoms with Crippen LogP contribution in [0.15, 0.2) is 64.5 Å². The summed E-state index contributed by atoms with van der Waals surface area (Å²) < 4.78 is 0.608. The van der Waals surface area contributed by atoms with Crippen molar-refractivity contribution in [2.75, 3.05) is 11.1 Å². The zero-order valence-electron chi connectivity index (χ0n) is 14.3. The molecule has 1 heterocycles. The van der Waals surface area contributed by atoms with Crippen molar-refractivity contribution in [3.63, 3.8) is 0 Å². The molecule has 0 atom stereocenters. The SMILES string of the molecule is CCc1ccccc1NC(=O)CSC1=NC(=O)C(=Cc2ccccc2)S1. The van der Waals surface area contributed by atoms with Crippen LogP contribution in [0.2, 0.25) is 0 Å². The number of aryl methyl sites for hydroxylation is 1. The number of nitrogens with zero attached hydrogens (tertiary/aromatic N) is 1. The summed E-state index contributed by atoms with van der Waals surface area (Å²) >= 11 is 2.60. The lowest BCUT2D eigenvalue weighted by Crippen LogP contribution is -2.15. The minimum Gasteiger partial charge on any atom is -0.325 e. The van der Waals surface area contributed by atoms with E-state index in [0.717, 1.165) is 23.2 Å². The minimum atomic E-state index is -0.252. The Morgan fingerprint density at radius 3 is 2.65 bits per heavy atom. The zero-order valence-corrected chi connectivity index (χ0v) is 15.9. The number of thioether (sulfide) groups is 2. The van der Waals surface area contributed by atoms with Crippen LogP contribution < -0.4 is 5.32 Å². The molecule has 0 radical (unpaired) electrons. The number of anilines is 1. The van der Waals surface area contributed by atoms with Gasteiger partial charge in [0.2, 0.25) is 5.91 Å². The normalized spacial score (nSPS) is 15.2. The van der Waals surface area contributed by atoms with Crippen LogP contribution in [0.5, 0.6) is 0 Å². The highest BCUT2D eigenvalue weighted by atomic mass is 32.2. The van der Waals surface area contributed by atoms with Gasteiger partial charge in [0.1, 0.15) is 4.38 Å². The molecule has 3 rings (SSSR count). The van der Waals surface area contributed by atoms with Gasteiger partial charge < -0.3 is 5.32 Å². The molecule has 6 heteroatoms. The summed E-state index contributed by atoms with van der Waals surface area (Å²) in [5.74, 6) is -0.138. The lowest BCUT2D eigenvalue weighted by atomic mass is 10.1. The smallest absolute Gasteiger partial charge is 0.285 e. The van der Waals surface area contributed by atoms with E-state index in [4.69, 9.17) is 0 Å². The van der Waals surface area contributed by atoms with E-state index in [1.807, 2.05) is 60.7 Å². The maximum atomic E-state index is 12.2. The Labute approximate surface area is 161 Å². The van der Waals surface area contributed by atoms with Gasteiger partial charge in [-0.3, -0.25) is 9.59 Å². The van der Waals surface area contributed by atoms with Crippen molar-refractivity contribution in [2.24, 2.45) is 4.99 Å². The Morgan fingerprint density at radius 2 is 1.88 bits per heavy atom. The monoisotopic (exact) mass is 382 g/mol. The predicted octanol–water partition coefficient (Wildman–Crippen LogP) is 4.59. The third-order valence-corrected chi connectivity index (χ3v) is 5.82. The highest BCUT2D eigenvalue weighted by Crippen LogP contribution is 2.33. The van der Waals surface area contributed by atoms with E-state index in [1.54, 1.807) is 0 Å². The summed E-state index contributed by atoms with van der Waals surface area (Å²) in [6.07, 6.45) is 2.68. The fourth-order valence-corrected chi connectivity index (χ4v) is 4.22. The lowest BCUT2D eigenvalue weighted by molar-refractivity contribution is -0.114. The number of rotatable bonds is 5. The number of carbonyl (C=O) groups is 2. The molecule has 0 spiro atoms. The first-order valence-corrected chi connectivity index (χ1v) is 10.0. The molecule has 1 aliphatic rings. The number of hydrogen-bond acceptors (Lipinski definition) is 4. The first-order valence-electron chi connectivity index (χ1n) is 8.24. The second kappa shape index (κ2) is 8.87. The van der Waals surface area contributed by atoms with Crippen LogP contribution in [0, 0.1) is 0 Å². The first kappa shape index (κ1) is 18.5. The number of para-hydroxylation sites is 1. The van der Waals surface area contributed by atoms with Crippen LogP contribution in [-0.2, 0) is 16.0 Å². The summed E-state index contributed by atoms with van der Waals surface area (Å²) in [6.45, 7) is 2.05. The third-order valence-electron chi connectivity index (χ3n) is 3.70. The number of hydrogen-bond donors (Lipinski definition) is 1. The van der Waals surface area contributed by atoms with Gasteiger partial charge in [0, 0.05) is 5.69 Å². The van der Waals surface area contributed by atoms with Crippen molar-refractivity contribution in [3.05, 3.63) is 70.6 Å². The molecule has 2 aromatic carbocycles. The van der Waals surface area contributed by atoms with E-state index >= 15 is 0 Å². The van der Waals surface area contributed by atoms with Gasteiger partial charge in [-0.05, 0) is 29.7 Å². The van der Waals surface area contributed by atoms with Gasteiger partial charge in [-0.1, -0.05) is 79.0 Å². The maximum absolute atomic E-state index is 12.2. The molecule has 1 N–H and O–H groups in total. The highest BCUT2D eigenvalue weighted by Gasteiger charge is 2.22. The standard InChI is InChI=1S/C20H18N2O2S2/c1-2-15-10-6-7-11-16(15)21-18(23)13-25-20-22-19(24)17(26-20)12-14-8-4-3-5-9-14/h3-12H,2,13H2,1H3,(H,21,23). The fraction of sp³-hybridized carbons (Fsp3) is 0.150. The molecule has 4 nitrogen and oxygen atoms in total. The average molecular weight is 383 g/mol. The van der Waals surface area contributed by atoms with E-state index in [1.165, 1.54) is 23.5 Å². The minimum absolute atomic E-state index is 0.105. The topological polar surface area (TPSA) is 58.5 Å². The molecule has 0 aromatic heterocycles. The second-order valence-electron chi connectivity index (χ2n) is 5.55. The van der Waals surface area contributed by atoms with Gasteiger partial charge in [0.25, 0.3) is 5.91 Å². The van der Waals surface area contributed by atoms with Gasteiger partial charge >= 0.3 is 0 Å². The molecular formula is C20H18N2O2S2. The Kier molecular flexibility index (Phi) is 6.30. The zero-order chi connectivity index (χ0) is 18.4. The van der Waals surface area contributed by atoms with E-state index in [-0.39, 0.29) is 17.6 Å². The number of carbonyl (C=O) groups excluding carboxylic acids is 2. The molecule has 0 unspecified atom stereocenters. The number of amides is 2. The lowest BCUT2D eigenvalue weighted by Gasteiger charge is -2.09. The van der Waals surface area contributed by atoms with E-state index in [2.05, 4.69) is 17.2 Å². The Hall–Kier alpha value is -2.31. The Balaban J connectivity index is 1.55. The van der Waals surface area contributed by atoms with Crippen LogP contribution in [-0.4, -0.2) is 21.9 Å². The van der Waals surface area contributed by atoms with Crippen molar-refractivity contribution < 1.29 is 9.59 Å². The molecule has 0 fully saturated rings. The van der Waals surface area contributed by atoms with Gasteiger partial charge in [-0.25, -0.2) is 0 Å². The molecule has 26 heavy (non-hydrogen) atoms. The van der Waals surface area contributed by atoms with E-state index in [0.29, 0.717) is 9.28 Å². The highest BCUT2D eigenvalue weighted by molar-refractivity contribution is 8.41. The summed E-state index contributed by atoms with van der Waals surface area (Å²) in [4.78, 5) is 28.8. The maximum Gasteiger partial charge on any atom is 0.285 e. The van der Waals surface area contributed by atoms with Crippen LogP contribution >= 0.6 is 23.5 Å². The van der Waals surface area contributed by atoms with Crippen molar-refractivity contribution in [1.29, 1.82) is 0 Å². The molecule has 2 amide bonds. The number of aliphatic imine (C=N–C) groups is 1. The molecular weight excluding hydrogens is 364 g/mol. The van der Waals surface area contributed by atoms with Crippen molar-refractivity contribution >= 4 is 51.5 Å². The summed E-state index contributed by atoms with van der Waals surface area (Å²) in [5, 5.41) is 2.92. The molecule has 0 saturated heterocycles. The van der Waals surface area contributed by atoms with Crippen molar-refractivity contribution in [2.45, 2.75) is 13.3 Å². The van der Waals surface area contributed by atoms with Gasteiger partial charge in [0.15, 0.2) is 0 Å². The van der Waals surface area contributed by atoms with E-state index in [9.17, 15) is 9.59 Å². The summed E-state index contributed by atoms with van der Waals surface area (Å²) in [5.41, 5.74) is 2.89. The van der Waals surface area contributed by atoms with Crippen LogP contribution in [0.25, 0.3) is 6.08 Å². The van der Waals surface area contributed by atoms with Gasteiger partial charge in [0.05, 0.1) is 10.7 Å². The largest absolute Gasteiger partial charge is 0.325 e. The Morgan fingerprint density at radius 1 is 1.15 bits per heavy atom. The van der Waals surface area contributed by atoms with Crippen molar-refractivity contribution in [3.8, 4) is 0 Å². The molecule has 0 aliphatic carbocycles. The molecule has 132 valence electrons. The van der Waals surface area contributed by atoms with Gasteiger partial charge in [-0.15, -0.1) is 0 Å². The van der Waals surface area contributed by atoms with Crippen LogP contribution in [0.1, 0.15) is 18.1 Å². The summed E-state index contributed by atoms with van der Waals surface area (Å²) in [7, 11) is 0. The quantitative estimate of drug-likeness (QED) is 0.769. The molecule has 0 bridgehead atoms. The second-order valence-corrected chi connectivity index (χ2v) is 7.80. The first-order chi connectivity index (χ1) is 12.7. The Bertz CT molecular complexity index is 876. The van der Waals surface area contributed by atoms with Gasteiger partial charge in [-0.2, -0.15) is 4.99 Å². The molecule has 0 saturated carbocycles. The average Bonchev–Trinajstić information content (AvgIpc) is 3.01. The third kappa shape index (κ3) is 4.86. The molecule has 2 aromatic rings. The fourth-order valence-electron chi connectivity index (χ4n) is 2.42. The summed E-state index contributed by atoms with van der Waals surface area (Å²) in [6, 6.07) is 17.4. The molecule has 1 aliphatic heterocycles. The van der Waals surface area contributed by atoms with Crippen molar-refractivity contribution in [1.82, 2.24) is 0 Å². The van der Waals surface area contributed by atoms with E-state index < -0.39 is 0 Å². The predicted molar refractivity (Wildman–Crippen MR) is 111 cm³/mol. The number of nitrogens with one attached hydrogen (secondary N) is 1. The van der Waals surface area contributed by atoms with Crippen LogP contribution in [0.4, 0.5) is 5.69 Å². The number of benzene rings is 2.